The van der Waals surface area contributed by atoms with Crippen molar-refractivity contribution in [3.63, 3.8) is 0 Å². The Bertz CT molecular complexity index is 422. The zero-order chi connectivity index (χ0) is 13.1. The van der Waals surface area contributed by atoms with E-state index in [2.05, 4.69) is 0 Å². The van der Waals surface area contributed by atoms with Gasteiger partial charge >= 0.3 is 0 Å². The smallest absolute Gasteiger partial charge is 0.124 e. The quantitative estimate of drug-likeness (QED) is 0.576. The maximum absolute atomic E-state index is 10.2. The van der Waals surface area contributed by atoms with Gasteiger partial charge in [0.2, 0.25) is 0 Å². The lowest BCUT2D eigenvalue weighted by Crippen LogP contribution is -2.23. The number of nitrogens with zero attached hydrogens (tertiary/aromatic N) is 1. The number of phenolic OH excluding ortho intramolecular Hbond substituents is 1. The molecule has 0 amide bonds. The molecule has 1 unspecified atom stereocenters. The van der Waals surface area contributed by atoms with Gasteiger partial charge in [0.25, 0.3) is 0 Å². The number of aliphatic hydroxyl groups excluding tert-OH is 3. The minimum absolute atomic E-state index is 0.0885. The van der Waals surface area contributed by atoms with E-state index in [1.165, 1.54) is 0 Å². The second kappa shape index (κ2) is 5.56. The predicted octanol–water partition coefficient (Wildman–Crippen LogP) is -0.357. The highest BCUT2D eigenvalue weighted by molar-refractivity contribution is 5.65. The molecule has 4 N–H and O–H groups in total. The first-order valence-electron chi connectivity index (χ1n) is 6.15. The number of β-amino-alcohol motifs (C(OH)–C–C–N with tert-alkyl or cyclic N) is 1. The second-order valence-corrected chi connectivity index (χ2v) is 4.57. The van der Waals surface area contributed by atoms with Gasteiger partial charge in [-0.3, -0.25) is 0 Å². The fourth-order valence-electron chi connectivity index (χ4n) is 2.42. The van der Waals surface area contributed by atoms with E-state index in [9.17, 15) is 10.2 Å². The fraction of sp³-hybridized carbons (Fsp3) is 0.538. The molecule has 1 aliphatic heterocycles. The van der Waals surface area contributed by atoms with E-state index in [0.29, 0.717) is 12.1 Å². The maximum Gasteiger partial charge on any atom is 0.124 e. The highest BCUT2D eigenvalue weighted by Crippen LogP contribution is 2.37. The molecule has 5 nitrogen and oxygen atoms in total. The Hall–Kier alpha value is -1.30. The van der Waals surface area contributed by atoms with Crippen LogP contribution in [0.3, 0.4) is 0 Å². The third-order valence-electron chi connectivity index (χ3n) is 3.35. The Kier molecular flexibility index (Phi) is 4.06. The van der Waals surface area contributed by atoms with Crippen LogP contribution in [0.4, 0.5) is 5.69 Å². The van der Waals surface area contributed by atoms with Crippen molar-refractivity contribution >= 4 is 5.69 Å². The lowest BCUT2D eigenvalue weighted by molar-refractivity contribution is 0.0950. The van der Waals surface area contributed by atoms with Gasteiger partial charge < -0.3 is 25.3 Å². The first-order valence-corrected chi connectivity index (χ1v) is 6.15. The Morgan fingerprint density at radius 1 is 1.28 bits per heavy atom. The molecule has 1 aromatic carbocycles. The van der Waals surface area contributed by atoms with Crippen LogP contribution in [0.25, 0.3) is 0 Å². The molecular formula is C13H19NO4. The lowest BCUT2D eigenvalue weighted by atomic mass is 10.0. The van der Waals surface area contributed by atoms with Crippen LogP contribution in [0.2, 0.25) is 0 Å². The second-order valence-electron chi connectivity index (χ2n) is 4.57. The third-order valence-corrected chi connectivity index (χ3v) is 3.35. The largest absolute Gasteiger partial charge is 0.507 e. The van der Waals surface area contributed by atoms with Gasteiger partial charge in [0.05, 0.1) is 19.3 Å². The van der Waals surface area contributed by atoms with E-state index in [0.717, 1.165) is 24.2 Å². The fourth-order valence-corrected chi connectivity index (χ4v) is 2.42. The SMILES string of the molecule is OCCN1CCc2c1ccc(CC(O)CO)c2O. The lowest BCUT2D eigenvalue weighted by Gasteiger charge is -2.19. The van der Waals surface area contributed by atoms with Crippen molar-refractivity contribution in [3.8, 4) is 5.75 Å². The summed E-state index contributed by atoms with van der Waals surface area (Å²) in [5.74, 6) is 0.209. The Morgan fingerprint density at radius 2 is 2.06 bits per heavy atom. The van der Waals surface area contributed by atoms with Gasteiger partial charge in [0, 0.05) is 30.8 Å². The van der Waals surface area contributed by atoms with Gasteiger partial charge in [-0.15, -0.1) is 0 Å². The van der Waals surface area contributed by atoms with Gasteiger partial charge in [0.1, 0.15) is 5.75 Å². The van der Waals surface area contributed by atoms with Crippen LogP contribution in [0.15, 0.2) is 12.1 Å². The predicted molar refractivity (Wildman–Crippen MR) is 67.9 cm³/mol. The van der Waals surface area contributed by atoms with Crippen molar-refractivity contribution in [2.24, 2.45) is 0 Å². The van der Waals surface area contributed by atoms with Crippen molar-refractivity contribution in [2.45, 2.75) is 18.9 Å². The Labute approximate surface area is 106 Å². The molecular weight excluding hydrogens is 234 g/mol. The van der Waals surface area contributed by atoms with E-state index in [-0.39, 0.29) is 25.4 Å². The number of hydrogen-bond acceptors (Lipinski definition) is 5. The van der Waals surface area contributed by atoms with Crippen LogP contribution in [0.5, 0.6) is 5.75 Å². The molecule has 1 aliphatic rings. The molecule has 2 rings (SSSR count). The van der Waals surface area contributed by atoms with Crippen LogP contribution in [-0.2, 0) is 12.8 Å². The molecule has 0 saturated heterocycles. The summed E-state index contributed by atoms with van der Waals surface area (Å²) in [7, 11) is 0. The van der Waals surface area contributed by atoms with E-state index < -0.39 is 6.10 Å². The van der Waals surface area contributed by atoms with Gasteiger partial charge in [0.15, 0.2) is 0 Å². The molecule has 0 aliphatic carbocycles. The summed E-state index contributed by atoms with van der Waals surface area (Å²) in [6.07, 6.45) is 0.142. The van der Waals surface area contributed by atoms with Crippen molar-refractivity contribution in [3.05, 3.63) is 23.3 Å². The van der Waals surface area contributed by atoms with Crippen LogP contribution < -0.4 is 4.90 Å². The highest BCUT2D eigenvalue weighted by Gasteiger charge is 2.23. The van der Waals surface area contributed by atoms with Crippen LogP contribution in [0, 0.1) is 0 Å². The van der Waals surface area contributed by atoms with E-state index >= 15 is 0 Å². The van der Waals surface area contributed by atoms with E-state index in [1.807, 2.05) is 11.0 Å². The zero-order valence-electron chi connectivity index (χ0n) is 10.2. The first kappa shape index (κ1) is 13.1. The topological polar surface area (TPSA) is 84.2 Å². The van der Waals surface area contributed by atoms with Crippen molar-refractivity contribution < 1.29 is 20.4 Å². The molecule has 0 aromatic heterocycles. The minimum Gasteiger partial charge on any atom is -0.507 e. The summed E-state index contributed by atoms with van der Waals surface area (Å²) < 4.78 is 0. The van der Waals surface area contributed by atoms with Crippen molar-refractivity contribution in [1.82, 2.24) is 0 Å². The molecule has 5 heteroatoms. The van der Waals surface area contributed by atoms with Gasteiger partial charge in [-0.05, 0) is 18.1 Å². The molecule has 1 heterocycles. The first-order chi connectivity index (χ1) is 8.67. The number of fused-ring (bicyclic) bond motifs is 1. The Balaban J connectivity index is 2.23. The summed E-state index contributed by atoms with van der Waals surface area (Å²) in [5.41, 5.74) is 2.47. The molecule has 0 saturated carbocycles. The summed E-state index contributed by atoms with van der Waals surface area (Å²) in [4.78, 5) is 2.03. The molecule has 1 aromatic rings. The average Bonchev–Trinajstić information content (AvgIpc) is 2.77. The molecule has 0 spiro atoms. The number of anilines is 1. The molecule has 100 valence electrons. The number of benzene rings is 1. The number of phenols is 1. The number of aliphatic hydroxyl groups is 3. The average molecular weight is 253 g/mol. The molecule has 18 heavy (non-hydrogen) atoms. The normalized spacial score (nSPS) is 15.8. The maximum atomic E-state index is 10.2. The summed E-state index contributed by atoms with van der Waals surface area (Å²) >= 11 is 0. The Morgan fingerprint density at radius 3 is 2.72 bits per heavy atom. The van der Waals surface area contributed by atoms with Crippen LogP contribution in [-0.4, -0.2) is 52.8 Å². The summed E-state index contributed by atoms with van der Waals surface area (Å²) in [6.45, 7) is 1.12. The van der Waals surface area contributed by atoms with Crippen LogP contribution in [0.1, 0.15) is 11.1 Å². The minimum atomic E-state index is -0.844. The van der Waals surface area contributed by atoms with Gasteiger partial charge in [-0.2, -0.15) is 0 Å². The van der Waals surface area contributed by atoms with Crippen LogP contribution >= 0.6 is 0 Å². The standard InChI is InChI=1S/C13H19NO4/c15-6-5-14-4-3-11-12(14)2-1-9(13(11)18)7-10(17)8-16/h1-2,10,15-18H,3-8H2. The van der Waals surface area contributed by atoms with E-state index in [4.69, 9.17) is 10.2 Å². The van der Waals surface area contributed by atoms with Crippen molar-refractivity contribution in [1.29, 1.82) is 0 Å². The third kappa shape index (κ3) is 2.43. The number of aromatic hydroxyl groups is 1. The van der Waals surface area contributed by atoms with Gasteiger partial charge in [-0.25, -0.2) is 0 Å². The summed E-state index contributed by atoms with van der Waals surface area (Å²) in [6, 6.07) is 3.67. The number of hydrogen-bond donors (Lipinski definition) is 4. The van der Waals surface area contributed by atoms with E-state index in [1.54, 1.807) is 6.07 Å². The molecule has 1 atom stereocenters. The summed E-state index contributed by atoms with van der Waals surface area (Å²) in [5, 5.41) is 37.4. The molecule has 0 radical (unpaired) electrons. The molecule has 0 fully saturated rings. The highest BCUT2D eigenvalue weighted by atomic mass is 16.3. The van der Waals surface area contributed by atoms with Gasteiger partial charge in [-0.1, -0.05) is 6.07 Å². The molecule has 0 bridgehead atoms. The monoisotopic (exact) mass is 253 g/mol. The number of rotatable bonds is 5. The zero-order valence-corrected chi connectivity index (χ0v) is 10.2. The van der Waals surface area contributed by atoms with Crippen molar-refractivity contribution in [2.75, 3.05) is 31.2 Å².